The molecule has 0 amide bonds. The molecule has 0 fully saturated rings. The summed E-state index contributed by atoms with van der Waals surface area (Å²) in [6, 6.07) is 4.88. The van der Waals surface area contributed by atoms with Crippen molar-refractivity contribution >= 4 is 34.6 Å². The van der Waals surface area contributed by atoms with E-state index in [0.717, 1.165) is 0 Å². The third kappa shape index (κ3) is 3.11. The van der Waals surface area contributed by atoms with E-state index in [-0.39, 0.29) is 16.7 Å². The average Bonchev–Trinajstić information content (AvgIpc) is 2.72. The van der Waals surface area contributed by atoms with Crippen molar-refractivity contribution in [1.29, 1.82) is 0 Å². The van der Waals surface area contributed by atoms with Gasteiger partial charge in [-0.05, 0) is 18.2 Å². The van der Waals surface area contributed by atoms with Gasteiger partial charge in [0, 0.05) is 10.4 Å². The van der Waals surface area contributed by atoms with Crippen LogP contribution < -0.4 is 5.56 Å². The molecule has 2 aromatic rings. The topological polar surface area (TPSA) is 73.4 Å². The highest BCUT2D eigenvalue weighted by Gasteiger charge is 2.22. The zero-order valence-corrected chi connectivity index (χ0v) is 12.8. The van der Waals surface area contributed by atoms with E-state index in [0.29, 0.717) is 21.4 Å². The summed E-state index contributed by atoms with van der Waals surface area (Å²) in [5, 5.41) is 14.3. The maximum Gasteiger partial charge on any atom is 0.292 e. The second-order valence-electron chi connectivity index (χ2n) is 5.35. The molecule has 0 atom stereocenters. The van der Waals surface area contributed by atoms with Gasteiger partial charge in [-0.2, -0.15) is 0 Å². The van der Waals surface area contributed by atoms with Crippen LogP contribution in [0.25, 0.3) is 0 Å². The minimum Gasteiger partial charge on any atom is -0.299 e. The summed E-state index contributed by atoms with van der Waals surface area (Å²) in [5.74, 6) is 0. The summed E-state index contributed by atoms with van der Waals surface area (Å²) in [6.45, 7) is 5.91. The summed E-state index contributed by atoms with van der Waals surface area (Å²) in [6.07, 6.45) is 0. The van der Waals surface area contributed by atoms with Crippen molar-refractivity contribution in [3.05, 3.63) is 44.3 Å². The number of aromatic nitrogens is 2. The van der Waals surface area contributed by atoms with Crippen molar-refractivity contribution in [2.45, 2.75) is 26.2 Å². The molecule has 2 N–H and O–H groups in total. The number of nitrogens with one attached hydrogen (secondary N) is 2. The molecule has 0 aliphatic heterocycles. The molecule has 2 rings (SSSR count). The van der Waals surface area contributed by atoms with Crippen molar-refractivity contribution < 1.29 is 0 Å². The molecule has 106 valence electrons. The van der Waals surface area contributed by atoms with Gasteiger partial charge in [0.05, 0.1) is 10.7 Å². The fourth-order valence-electron chi connectivity index (χ4n) is 1.66. The largest absolute Gasteiger partial charge is 0.299 e. The van der Waals surface area contributed by atoms with Crippen LogP contribution in [0.15, 0.2) is 33.2 Å². The van der Waals surface area contributed by atoms with Gasteiger partial charge in [-0.3, -0.25) is 15.0 Å². The Labute approximate surface area is 126 Å². The first-order chi connectivity index (χ1) is 9.29. The Kier molecular flexibility index (Phi) is 4.01. The zero-order valence-electron chi connectivity index (χ0n) is 11.3. The van der Waals surface area contributed by atoms with Crippen LogP contribution in [0.1, 0.15) is 26.5 Å². The molecular formula is C13H14Cl2N4O. The quantitative estimate of drug-likeness (QED) is 0.773. The van der Waals surface area contributed by atoms with Gasteiger partial charge >= 0.3 is 0 Å². The number of rotatable bonds is 2. The lowest BCUT2D eigenvalue weighted by Gasteiger charge is -2.15. The lowest BCUT2D eigenvalue weighted by atomic mass is 9.91. The Bertz CT molecular complexity index is 710. The number of H-pyrrole nitrogens is 2. The van der Waals surface area contributed by atoms with E-state index in [1.165, 1.54) is 0 Å². The van der Waals surface area contributed by atoms with Crippen molar-refractivity contribution in [3.63, 3.8) is 0 Å². The summed E-state index contributed by atoms with van der Waals surface area (Å²) in [4.78, 5) is 11.8. The molecule has 0 radical (unpaired) electrons. The first kappa shape index (κ1) is 14.8. The Morgan fingerprint density at radius 3 is 2.45 bits per heavy atom. The highest BCUT2D eigenvalue weighted by atomic mass is 35.5. The molecule has 1 aromatic carbocycles. The van der Waals surface area contributed by atoms with Crippen molar-refractivity contribution in [1.82, 2.24) is 10.2 Å². The van der Waals surface area contributed by atoms with Crippen LogP contribution in [-0.4, -0.2) is 10.2 Å². The number of hydrogen-bond donors (Lipinski definition) is 2. The van der Waals surface area contributed by atoms with Crippen LogP contribution in [0, 0.1) is 0 Å². The SMILES string of the molecule is CC(C)(C)c1[nH][nH]c(=O)c1N=Nc1cc(Cl)ccc1Cl. The number of benzene rings is 1. The summed E-state index contributed by atoms with van der Waals surface area (Å²) in [7, 11) is 0. The van der Waals surface area contributed by atoms with Gasteiger partial charge < -0.3 is 0 Å². The van der Waals surface area contributed by atoms with Crippen molar-refractivity contribution in [3.8, 4) is 0 Å². The van der Waals surface area contributed by atoms with Crippen LogP contribution in [0.3, 0.4) is 0 Å². The van der Waals surface area contributed by atoms with Gasteiger partial charge in [-0.1, -0.05) is 44.0 Å². The van der Waals surface area contributed by atoms with Crippen LogP contribution in [0.4, 0.5) is 11.4 Å². The number of halogens is 2. The average molecular weight is 313 g/mol. The molecule has 7 heteroatoms. The molecule has 0 saturated heterocycles. The van der Waals surface area contributed by atoms with E-state index in [4.69, 9.17) is 23.2 Å². The molecule has 0 aliphatic rings. The van der Waals surface area contributed by atoms with Gasteiger partial charge in [0.2, 0.25) is 0 Å². The minimum atomic E-state index is -0.322. The predicted molar refractivity (Wildman–Crippen MR) is 80.8 cm³/mol. The predicted octanol–water partition coefficient (Wildman–Crippen LogP) is 4.72. The molecule has 0 saturated carbocycles. The monoisotopic (exact) mass is 312 g/mol. The number of azo groups is 1. The summed E-state index contributed by atoms with van der Waals surface area (Å²) >= 11 is 11.9. The maximum atomic E-state index is 11.8. The van der Waals surface area contributed by atoms with E-state index in [1.54, 1.807) is 18.2 Å². The first-order valence-electron chi connectivity index (χ1n) is 5.97. The molecule has 0 aliphatic carbocycles. The van der Waals surface area contributed by atoms with Crippen molar-refractivity contribution in [2.75, 3.05) is 0 Å². The molecular weight excluding hydrogens is 299 g/mol. The van der Waals surface area contributed by atoms with Gasteiger partial charge in [-0.25, -0.2) is 0 Å². The highest BCUT2D eigenvalue weighted by molar-refractivity contribution is 6.35. The van der Waals surface area contributed by atoms with E-state index < -0.39 is 0 Å². The van der Waals surface area contributed by atoms with Gasteiger partial charge in [0.1, 0.15) is 5.69 Å². The number of aromatic amines is 2. The minimum absolute atomic E-state index is 0.244. The van der Waals surface area contributed by atoms with Gasteiger partial charge in [-0.15, -0.1) is 10.2 Å². The second kappa shape index (κ2) is 5.42. The van der Waals surface area contributed by atoms with Crippen LogP contribution in [0.2, 0.25) is 10.0 Å². The molecule has 0 spiro atoms. The van der Waals surface area contributed by atoms with E-state index >= 15 is 0 Å². The third-order valence-electron chi connectivity index (χ3n) is 2.67. The normalized spacial score (nSPS) is 12.2. The molecule has 20 heavy (non-hydrogen) atoms. The second-order valence-corrected chi connectivity index (χ2v) is 6.19. The molecule has 0 unspecified atom stereocenters. The van der Waals surface area contributed by atoms with E-state index in [2.05, 4.69) is 20.4 Å². The fraction of sp³-hybridized carbons (Fsp3) is 0.308. The molecule has 0 bridgehead atoms. The van der Waals surface area contributed by atoms with Crippen LogP contribution in [0.5, 0.6) is 0 Å². The highest BCUT2D eigenvalue weighted by Crippen LogP contribution is 2.31. The van der Waals surface area contributed by atoms with Crippen molar-refractivity contribution in [2.24, 2.45) is 10.2 Å². The smallest absolute Gasteiger partial charge is 0.292 e. The standard InChI is InChI=1S/C13H14Cl2N4O/c1-13(2,3)11-10(12(20)19-18-11)17-16-9-6-7(14)4-5-8(9)15/h4-6H,1-3H3,(H2,18,19,20). The third-order valence-corrected chi connectivity index (χ3v) is 3.22. The van der Waals surface area contributed by atoms with Crippen LogP contribution >= 0.6 is 23.2 Å². The Morgan fingerprint density at radius 2 is 1.80 bits per heavy atom. The van der Waals surface area contributed by atoms with E-state index in [9.17, 15) is 4.79 Å². The fourth-order valence-corrected chi connectivity index (χ4v) is 1.98. The molecule has 5 nitrogen and oxygen atoms in total. The maximum absolute atomic E-state index is 11.8. The lowest BCUT2D eigenvalue weighted by Crippen LogP contribution is -2.12. The number of nitrogens with zero attached hydrogens (tertiary/aromatic N) is 2. The summed E-state index contributed by atoms with van der Waals surface area (Å²) < 4.78 is 0. The van der Waals surface area contributed by atoms with E-state index in [1.807, 2.05) is 20.8 Å². The molecule has 1 heterocycles. The summed E-state index contributed by atoms with van der Waals surface area (Å²) in [5.41, 5.74) is 0.764. The Morgan fingerprint density at radius 1 is 1.10 bits per heavy atom. The van der Waals surface area contributed by atoms with Gasteiger partial charge in [0.25, 0.3) is 5.56 Å². The number of hydrogen-bond acceptors (Lipinski definition) is 3. The first-order valence-corrected chi connectivity index (χ1v) is 6.72. The zero-order chi connectivity index (χ0) is 14.9. The van der Waals surface area contributed by atoms with Crippen LogP contribution in [-0.2, 0) is 5.41 Å². The Balaban J connectivity index is 2.45. The molecule has 1 aromatic heterocycles. The van der Waals surface area contributed by atoms with Gasteiger partial charge in [0.15, 0.2) is 5.69 Å². The Hall–Kier alpha value is -1.59. The lowest BCUT2D eigenvalue weighted by molar-refractivity contribution is 0.567.